The van der Waals surface area contributed by atoms with Gasteiger partial charge < -0.3 is 19.3 Å². The molecule has 0 saturated carbocycles. The molecule has 0 spiro atoms. The first-order chi connectivity index (χ1) is 15.1. The maximum absolute atomic E-state index is 12.7. The van der Waals surface area contributed by atoms with Crippen LogP contribution < -0.4 is 10.2 Å². The molecule has 9 heteroatoms. The molecule has 2 amide bonds. The van der Waals surface area contributed by atoms with Crippen molar-refractivity contribution in [1.82, 2.24) is 10.5 Å². The predicted molar refractivity (Wildman–Crippen MR) is 116 cm³/mol. The Morgan fingerprint density at radius 3 is 2.62 bits per heavy atom. The highest BCUT2D eigenvalue weighted by Crippen LogP contribution is 2.32. The van der Waals surface area contributed by atoms with Crippen molar-refractivity contribution in [3.05, 3.63) is 46.8 Å². The van der Waals surface area contributed by atoms with E-state index in [1.807, 2.05) is 32.9 Å². The molecule has 1 atom stereocenters. The molecule has 1 aromatic carbocycles. The van der Waals surface area contributed by atoms with Gasteiger partial charge in [0.05, 0.1) is 25.3 Å². The Morgan fingerprint density at radius 2 is 2.00 bits per heavy atom. The fourth-order valence-corrected chi connectivity index (χ4v) is 3.55. The fraction of sp³-hybridized carbons (Fsp3) is 0.478. The highest BCUT2D eigenvalue weighted by molar-refractivity contribution is 5.93. The molecule has 0 radical (unpaired) electrons. The van der Waals surface area contributed by atoms with Crippen molar-refractivity contribution in [2.45, 2.75) is 58.6 Å². The molecule has 9 nitrogen and oxygen atoms in total. The molecule has 1 aliphatic rings. The Morgan fingerprint density at radius 1 is 1.25 bits per heavy atom. The maximum atomic E-state index is 12.7. The summed E-state index contributed by atoms with van der Waals surface area (Å²) in [6.45, 7) is 7.74. The van der Waals surface area contributed by atoms with Gasteiger partial charge in [0.1, 0.15) is 11.4 Å². The van der Waals surface area contributed by atoms with E-state index in [-0.39, 0.29) is 12.1 Å². The van der Waals surface area contributed by atoms with Gasteiger partial charge in [-0.1, -0.05) is 17.3 Å². The normalized spacial score (nSPS) is 14.3. The Kier molecular flexibility index (Phi) is 6.86. The van der Waals surface area contributed by atoms with Gasteiger partial charge in [0.25, 0.3) is 5.91 Å². The van der Waals surface area contributed by atoms with Crippen LogP contribution in [-0.2, 0) is 20.7 Å². The minimum Gasteiger partial charge on any atom is -0.469 e. The summed E-state index contributed by atoms with van der Waals surface area (Å²) >= 11 is 0. The van der Waals surface area contributed by atoms with Crippen LogP contribution in [0.15, 0.2) is 28.8 Å². The van der Waals surface area contributed by atoms with E-state index in [0.29, 0.717) is 12.3 Å². The monoisotopic (exact) mass is 443 g/mol. The fourth-order valence-electron chi connectivity index (χ4n) is 3.55. The van der Waals surface area contributed by atoms with Crippen molar-refractivity contribution >= 4 is 23.7 Å². The van der Waals surface area contributed by atoms with Gasteiger partial charge in [-0.3, -0.25) is 14.5 Å². The van der Waals surface area contributed by atoms with Crippen LogP contribution in [0.25, 0.3) is 0 Å². The number of nitrogens with zero attached hydrogens (tertiary/aromatic N) is 2. The van der Waals surface area contributed by atoms with Crippen molar-refractivity contribution in [2.24, 2.45) is 0 Å². The van der Waals surface area contributed by atoms with Crippen LogP contribution in [0.1, 0.15) is 67.0 Å². The molecule has 32 heavy (non-hydrogen) atoms. The molecule has 0 bridgehead atoms. The SMILES string of the molecule is COC(=O)CC(NC(=O)c1cc(C)on1)c1ccc2c(c1)CCCN2C(=O)OC(C)(C)C. The average molecular weight is 444 g/mol. The van der Waals surface area contributed by atoms with Gasteiger partial charge >= 0.3 is 12.1 Å². The van der Waals surface area contributed by atoms with E-state index in [9.17, 15) is 14.4 Å². The first-order valence-corrected chi connectivity index (χ1v) is 10.5. The zero-order valence-corrected chi connectivity index (χ0v) is 19.1. The first-order valence-electron chi connectivity index (χ1n) is 10.5. The number of hydrogen-bond donors (Lipinski definition) is 1. The number of nitrogens with one attached hydrogen (secondary N) is 1. The number of carbonyl (C=O) groups excluding carboxylic acids is 3. The third-order valence-corrected chi connectivity index (χ3v) is 5.00. The number of rotatable bonds is 5. The van der Waals surface area contributed by atoms with Gasteiger partial charge in [0.15, 0.2) is 5.69 Å². The number of benzene rings is 1. The van der Waals surface area contributed by atoms with E-state index in [1.165, 1.54) is 13.2 Å². The number of hydrogen-bond acceptors (Lipinski definition) is 7. The largest absolute Gasteiger partial charge is 0.469 e. The van der Waals surface area contributed by atoms with Crippen LogP contribution in [0.3, 0.4) is 0 Å². The summed E-state index contributed by atoms with van der Waals surface area (Å²) in [4.78, 5) is 38.9. The summed E-state index contributed by atoms with van der Waals surface area (Å²) in [6, 6.07) is 6.42. The van der Waals surface area contributed by atoms with Crippen molar-refractivity contribution in [3.8, 4) is 0 Å². The highest BCUT2D eigenvalue weighted by atomic mass is 16.6. The number of methoxy groups -OCH3 is 1. The molecule has 1 N–H and O–H groups in total. The summed E-state index contributed by atoms with van der Waals surface area (Å²) in [5.74, 6) is -0.403. The number of ether oxygens (including phenoxy) is 2. The van der Waals surface area contributed by atoms with Gasteiger partial charge in [-0.25, -0.2) is 4.79 Å². The van der Waals surface area contributed by atoms with Gasteiger partial charge in [0.2, 0.25) is 0 Å². The summed E-state index contributed by atoms with van der Waals surface area (Å²) in [7, 11) is 1.30. The quantitative estimate of drug-likeness (QED) is 0.701. The van der Waals surface area contributed by atoms with Crippen LogP contribution in [0.2, 0.25) is 0 Å². The molecular formula is C23H29N3O6. The Hall–Kier alpha value is -3.36. The summed E-state index contributed by atoms with van der Waals surface area (Å²) in [5.41, 5.74) is 1.98. The molecule has 3 rings (SSSR count). The lowest BCUT2D eigenvalue weighted by atomic mass is 9.95. The Labute approximate surface area is 187 Å². The minimum absolute atomic E-state index is 0.0480. The van der Waals surface area contributed by atoms with Crippen LogP contribution in [-0.4, -0.2) is 42.4 Å². The standard InChI is InChI=1S/C23H29N3O6/c1-14-11-18(25-32-14)21(28)24-17(13-20(27)30-5)15-8-9-19-16(12-15)7-6-10-26(19)22(29)31-23(2,3)4/h8-9,11-12,17H,6-7,10,13H2,1-5H3,(H,24,28). The highest BCUT2D eigenvalue weighted by Gasteiger charge is 2.29. The second-order valence-electron chi connectivity index (χ2n) is 8.75. The molecule has 172 valence electrons. The third kappa shape index (κ3) is 5.66. The number of esters is 1. The minimum atomic E-state index is -0.630. The average Bonchev–Trinajstić information content (AvgIpc) is 3.17. The summed E-state index contributed by atoms with van der Waals surface area (Å²) in [6.07, 6.45) is 1.10. The predicted octanol–water partition coefficient (Wildman–Crippen LogP) is 3.70. The Balaban J connectivity index is 1.86. The molecular weight excluding hydrogens is 414 g/mol. The van der Waals surface area contributed by atoms with Crippen molar-refractivity contribution in [2.75, 3.05) is 18.6 Å². The van der Waals surface area contributed by atoms with Crippen LogP contribution in [0, 0.1) is 6.92 Å². The molecule has 0 aliphatic carbocycles. The zero-order valence-electron chi connectivity index (χ0n) is 19.1. The Bertz CT molecular complexity index is 1010. The lowest BCUT2D eigenvalue weighted by Gasteiger charge is -2.32. The van der Waals surface area contributed by atoms with E-state index < -0.39 is 29.6 Å². The topological polar surface area (TPSA) is 111 Å². The number of anilines is 1. The van der Waals surface area contributed by atoms with Crippen molar-refractivity contribution in [1.29, 1.82) is 0 Å². The van der Waals surface area contributed by atoms with Crippen LogP contribution in [0.5, 0.6) is 0 Å². The smallest absolute Gasteiger partial charge is 0.414 e. The number of aryl methyl sites for hydroxylation is 2. The van der Waals surface area contributed by atoms with Gasteiger partial charge in [0, 0.05) is 12.6 Å². The lowest BCUT2D eigenvalue weighted by molar-refractivity contribution is -0.141. The van der Waals surface area contributed by atoms with E-state index in [0.717, 1.165) is 29.7 Å². The molecule has 0 saturated heterocycles. The van der Waals surface area contributed by atoms with Crippen molar-refractivity contribution < 1.29 is 28.4 Å². The maximum Gasteiger partial charge on any atom is 0.414 e. The van der Waals surface area contributed by atoms with Crippen LogP contribution in [0.4, 0.5) is 10.5 Å². The number of fused-ring (bicyclic) bond motifs is 1. The summed E-state index contributed by atoms with van der Waals surface area (Å²) in [5, 5.41) is 6.56. The van der Waals surface area contributed by atoms with Crippen LogP contribution >= 0.6 is 0 Å². The van der Waals surface area contributed by atoms with E-state index in [1.54, 1.807) is 17.9 Å². The van der Waals surface area contributed by atoms with Gasteiger partial charge in [-0.15, -0.1) is 0 Å². The number of amides is 2. The van der Waals surface area contributed by atoms with Crippen molar-refractivity contribution in [3.63, 3.8) is 0 Å². The van der Waals surface area contributed by atoms with Gasteiger partial charge in [-0.2, -0.15) is 0 Å². The third-order valence-electron chi connectivity index (χ3n) is 5.00. The zero-order chi connectivity index (χ0) is 23.5. The number of carbonyl (C=O) groups is 3. The van der Waals surface area contributed by atoms with E-state index >= 15 is 0 Å². The van der Waals surface area contributed by atoms with Gasteiger partial charge in [-0.05, 0) is 57.7 Å². The van der Waals surface area contributed by atoms with E-state index in [4.69, 9.17) is 14.0 Å². The second-order valence-corrected chi connectivity index (χ2v) is 8.75. The molecule has 2 aromatic rings. The molecule has 1 aromatic heterocycles. The first kappa shape index (κ1) is 23.3. The molecule has 1 aliphatic heterocycles. The summed E-state index contributed by atoms with van der Waals surface area (Å²) < 4.78 is 15.3. The molecule has 1 unspecified atom stereocenters. The number of aromatic nitrogens is 1. The molecule has 0 fully saturated rings. The lowest BCUT2D eigenvalue weighted by Crippen LogP contribution is -2.40. The second kappa shape index (κ2) is 9.42. The van der Waals surface area contributed by atoms with E-state index in [2.05, 4.69) is 10.5 Å². The molecule has 2 heterocycles.